The van der Waals surface area contributed by atoms with Crippen molar-refractivity contribution in [2.75, 3.05) is 19.6 Å². The summed E-state index contributed by atoms with van der Waals surface area (Å²) >= 11 is 0. The minimum atomic E-state index is 0.310. The zero-order valence-corrected chi connectivity index (χ0v) is 10.4. The quantitative estimate of drug-likeness (QED) is 0.749. The highest BCUT2D eigenvalue weighted by Crippen LogP contribution is 2.13. The first-order chi connectivity index (χ1) is 6.99. The Labute approximate surface area is 93.2 Å². The summed E-state index contributed by atoms with van der Waals surface area (Å²) in [5.41, 5.74) is 0. The summed E-state index contributed by atoms with van der Waals surface area (Å²) in [7, 11) is 0. The molecule has 3 nitrogen and oxygen atoms in total. The maximum Gasteiger partial charge on any atom is 0.224 e. The maximum absolute atomic E-state index is 11.7. The van der Waals surface area contributed by atoms with Crippen LogP contribution in [0.3, 0.4) is 0 Å². The third-order valence-corrected chi connectivity index (χ3v) is 2.61. The summed E-state index contributed by atoms with van der Waals surface area (Å²) in [6, 6.07) is 0.374. The van der Waals surface area contributed by atoms with Crippen molar-refractivity contribution in [1.82, 2.24) is 10.2 Å². The molecule has 1 aliphatic rings. The third-order valence-electron chi connectivity index (χ3n) is 2.61. The molecule has 0 radical (unpaired) electrons. The van der Waals surface area contributed by atoms with Crippen LogP contribution in [0.1, 0.15) is 34.1 Å². The van der Waals surface area contributed by atoms with Crippen molar-refractivity contribution >= 4 is 5.91 Å². The number of nitrogens with zero attached hydrogens (tertiary/aromatic N) is 1. The minimum Gasteiger partial charge on any atom is -0.341 e. The monoisotopic (exact) mass is 212 g/mol. The highest BCUT2D eigenvalue weighted by molar-refractivity contribution is 5.79. The lowest BCUT2D eigenvalue weighted by Crippen LogP contribution is -2.36. The number of amides is 1. The van der Waals surface area contributed by atoms with Crippen LogP contribution in [0.5, 0.6) is 0 Å². The number of hydrogen-bond donors (Lipinski definition) is 1. The molecular formula is C12H24N2O. The lowest BCUT2D eigenvalue weighted by molar-refractivity contribution is -0.128. The van der Waals surface area contributed by atoms with Gasteiger partial charge in [-0.1, -0.05) is 27.7 Å². The van der Waals surface area contributed by atoms with Crippen LogP contribution in [0.15, 0.2) is 0 Å². The van der Waals surface area contributed by atoms with Gasteiger partial charge < -0.3 is 10.2 Å². The number of hydrogen-bond acceptors (Lipinski definition) is 2. The van der Waals surface area contributed by atoms with Gasteiger partial charge in [0.15, 0.2) is 0 Å². The van der Waals surface area contributed by atoms with E-state index in [0.717, 1.165) is 19.6 Å². The van der Waals surface area contributed by atoms with E-state index in [2.05, 4.69) is 33.0 Å². The smallest absolute Gasteiger partial charge is 0.224 e. The van der Waals surface area contributed by atoms with Crippen LogP contribution < -0.4 is 5.32 Å². The fourth-order valence-corrected chi connectivity index (χ4v) is 1.93. The first kappa shape index (κ1) is 12.5. The first-order valence-electron chi connectivity index (χ1n) is 6.00. The lowest BCUT2D eigenvalue weighted by atomic mass is 10.2. The highest BCUT2D eigenvalue weighted by atomic mass is 16.2. The third kappa shape index (κ3) is 4.20. The molecule has 0 aromatic carbocycles. The molecule has 1 atom stereocenters. The standard InChI is InChI=1S/C12H24N2O/c1-9(2)6-13-11-5-12(15)14(8-11)7-10(3)4/h9-11,13H,5-8H2,1-4H3. The molecule has 1 amide bonds. The van der Waals surface area contributed by atoms with Crippen molar-refractivity contribution < 1.29 is 4.79 Å². The van der Waals surface area contributed by atoms with Gasteiger partial charge in [0, 0.05) is 25.6 Å². The lowest BCUT2D eigenvalue weighted by Gasteiger charge is -2.19. The predicted molar refractivity (Wildman–Crippen MR) is 62.7 cm³/mol. The van der Waals surface area contributed by atoms with E-state index in [4.69, 9.17) is 0 Å². The highest BCUT2D eigenvalue weighted by Gasteiger charge is 2.29. The minimum absolute atomic E-state index is 0.310. The first-order valence-corrected chi connectivity index (χ1v) is 6.00. The van der Waals surface area contributed by atoms with Gasteiger partial charge in [0.2, 0.25) is 5.91 Å². The summed E-state index contributed by atoms with van der Waals surface area (Å²) < 4.78 is 0. The number of carbonyl (C=O) groups is 1. The summed E-state index contributed by atoms with van der Waals surface area (Å²) in [6.07, 6.45) is 0.680. The second-order valence-electron chi connectivity index (χ2n) is 5.40. The number of rotatable bonds is 5. The number of likely N-dealkylation sites (tertiary alicyclic amines) is 1. The average molecular weight is 212 g/mol. The van der Waals surface area contributed by atoms with Crippen molar-refractivity contribution in [3.05, 3.63) is 0 Å². The molecule has 0 saturated carbocycles. The van der Waals surface area contributed by atoms with E-state index >= 15 is 0 Å². The molecule has 1 N–H and O–H groups in total. The van der Waals surface area contributed by atoms with Gasteiger partial charge in [-0.2, -0.15) is 0 Å². The fourth-order valence-electron chi connectivity index (χ4n) is 1.93. The van der Waals surface area contributed by atoms with Gasteiger partial charge in [-0.25, -0.2) is 0 Å². The fraction of sp³-hybridized carbons (Fsp3) is 0.917. The maximum atomic E-state index is 11.7. The Morgan fingerprint density at radius 3 is 2.53 bits per heavy atom. The van der Waals surface area contributed by atoms with E-state index in [1.54, 1.807) is 0 Å². The van der Waals surface area contributed by atoms with Crippen LogP contribution in [0.2, 0.25) is 0 Å². The molecule has 88 valence electrons. The largest absolute Gasteiger partial charge is 0.341 e. The Kier molecular flexibility index (Phi) is 4.58. The number of carbonyl (C=O) groups excluding carboxylic acids is 1. The van der Waals surface area contributed by atoms with Gasteiger partial charge in [-0.3, -0.25) is 4.79 Å². The van der Waals surface area contributed by atoms with E-state index in [1.165, 1.54) is 0 Å². The van der Waals surface area contributed by atoms with Gasteiger partial charge >= 0.3 is 0 Å². The Hall–Kier alpha value is -0.570. The van der Waals surface area contributed by atoms with Crippen molar-refractivity contribution in [3.63, 3.8) is 0 Å². The molecule has 15 heavy (non-hydrogen) atoms. The van der Waals surface area contributed by atoms with E-state index in [1.807, 2.05) is 4.90 Å². The van der Waals surface area contributed by atoms with Crippen LogP contribution in [0, 0.1) is 11.8 Å². The average Bonchev–Trinajstić information content (AvgIpc) is 2.43. The van der Waals surface area contributed by atoms with E-state index in [-0.39, 0.29) is 0 Å². The van der Waals surface area contributed by atoms with Gasteiger partial charge in [0.1, 0.15) is 0 Å². The van der Waals surface area contributed by atoms with Gasteiger partial charge in [-0.15, -0.1) is 0 Å². The molecule has 1 heterocycles. The van der Waals surface area contributed by atoms with Crippen molar-refractivity contribution in [1.29, 1.82) is 0 Å². The number of nitrogens with one attached hydrogen (secondary N) is 1. The Morgan fingerprint density at radius 2 is 2.00 bits per heavy atom. The molecule has 0 bridgehead atoms. The van der Waals surface area contributed by atoms with Crippen LogP contribution in [-0.4, -0.2) is 36.5 Å². The van der Waals surface area contributed by atoms with Crippen molar-refractivity contribution in [2.24, 2.45) is 11.8 Å². The zero-order valence-electron chi connectivity index (χ0n) is 10.4. The Bertz CT molecular complexity index is 214. The van der Waals surface area contributed by atoms with Crippen molar-refractivity contribution in [2.45, 2.75) is 40.2 Å². The molecule has 0 aliphatic carbocycles. The molecule has 1 saturated heterocycles. The molecule has 1 aliphatic heterocycles. The molecule has 1 rings (SSSR count). The van der Waals surface area contributed by atoms with Crippen LogP contribution in [-0.2, 0) is 4.79 Å². The normalized spacial score (nSPS) is 22.1. The molecule has 3 heteroatoms. The molecule has 0 spiro atoms. The van der Waals surface area contributed by atoms with E-state index < -0.39 is 0 Å². The van der Waals surface area contributed by atoms with Gasteiger partial charge in [-0.05, 0) is 18.4 Å². The summed E-state index contributed by atoms with van der Waals surface area (Å²) in [5.74, 6) is 1.53. The second-order valence-corrected chi connectivity index (χ2v) is 5.40. The van der Waals surface area contributed by atoms with Gasteiger partial charge in [0.25, 0.3) is 0 Å². The molecular weight excluding hydrogens is 188 g/mol. The topological polar surface area (TPSA) is 32.3 Å². The molecule has 1 unspecified atom stereocenters. The predicted octanol–water partition coefficient (Wildman–Crippen LogP) is 1.49. The van der Waals surface area contributed by atoms with Crippen LogP contribution >= 0.6 is 0 Å². The van der Waals surface area contributed by atoms with Crippen LogP contribution in [0.4, 0.5) is 0 Å². The second kappa shape index (κ2) is 5.50. The molecule has 0 aromatic rings. The summed E-state index contributed by atoms with van der Waals surface area (Å²) in [5, 5.41) is 3.45. The van der Waals surface area contributed by atoms with Crippen molar-refractivity contribution in [3.8, 4) is 0 Å². The molecule has 0 aromatic heterocycles. The van der Waals surface area contributed by atoms with Gasteiger partial charge in [0.05, 0.1) is 0 Å². The Morgan fingerprint density at radius 1 is 1.33 bits per heavy atom. The zero-order chi connectivity index (χ0) is 11.4. The van der Waals surface area contributed by atoms with E-state index in [0.29, 0.717) is 30.2 Å². The van der Waals surface area contributed by atoms with Crippen LogP contribution in [0.25, 0.3) is 0 Å². The molecule has 1 fully saturated rings. The summed E-state index contributed by atoms with van der Waals surface area (Å²) in [4.78, 5) is 13.6. The summed E-state index contributed by atoms with van der Waals surface area (Å²) in [6.45, 7) is 11.5. The Balaban J connectivity index is 2.32. The SMILES string of the molecule is CC(C)CNC1CC(=O)N(CC(C)C)C1. The van der Waals surface area contributed by atoms with E-state index in [9.17, 15) is 4.79 Å².